The van der Waals surface area contributed by atoms with Crippen molar-refractivity contribution in [1.29, 1.82) is 0 Å². The quantitative estimate of drug-likeness (QED) is 0.136. The van der Waals surface area contributed by atoms with Gasteiger partial charge in [0, 0.05) is 5.41 Å². The topological polar surface area (TPSA) is 52.6 Å². The van der Waals surface area contributed by atoms with Crippen molar-refractivity contribution in [3.8, 4) is 0 Å². The highest BCUT2D eigenvalue weighted by Crippen LogP contribution is 2.37. The summed E-state index contributed by atoms with van der Waals surface area (Å²) in [6.07, 6.45) is 18.4. The lowest BCUT2D eigenvalue weighted by Crippen LogP contribution is -2.24. The summed E-state index contributed by atoms with van der Waals surface area (Å²) in [5, 5.41) is 0. The molecule has 1 atom stereocenters. The van der Waals surface area contributed by atoms with Crippen LogP contribution in [0.2, 0.25) is 0 Å². The third-order valence-corrected chi connectivity index (χ3v) is 4.75. The van der Waals surface area contributed by atoms with E-state index in [2.05, 4.69) is 19.1 Å². The zero-order valence-electron chi connectivity index (χ0n) is 17.3. The van der Waals surface area contributed by atoms with Gasteiger partial charge in [-0.1, -0.05) is 83.3 Å². The Morgan fingerprint density at radius 3 is 1.96 bits per heavy atom. The Kier molecular flexibility index (Phi) is 11.5. The first-order chi connectivity index (χ1) is 13.1. The molecule has 4 nitrogen and oxygen atoms in total. The van der Waals surface area contributed by atoms with Gasteiger partial charge in [-0.3, -0.25) is 0 Å². The molecule has 4 heteroatoms. The Morgan fingerprint density at radius 2 is 1.48 bits per heavy atom. The molecule has 0 aromatic carbocycles. The molecule has 0 heterocycles. The maximum atomic E-state index is 12.6. The number of hydrogen-bond donors (Lipinski definition) is 0. The highest BCUT2D eigenvalue weighted by atomic mass is 16.6. The summed E-state index contributed by atoms with van der Waals surface area (Å²) in [5.41, 5.74) is -0.286. The van der Waals surface area contributed by atoms with Crippen LogP contribution in [0.25, 0.3) is 0 Å². The first kappa shape index (κ1) is 23.2. The van der Waals surface area contributed by atoms with E-state index in [1.54, 1.807) is 6.08 Å². The highest BCUT2D eigenvalue weighted by molar-refractivity contribution is 6.14. The maximum absolute atomic E-state index is 12.6. The average Bonchev–Trinajstić information content (AvgIpc) is 2.67. The molecule has 152 valence electrons. The van der Waals surface area contributed by atoms with E-state index in [0.717, 1.165) is 57.8 Å². The van der Waals surface area contributed by atoms with Crippen molar-refractivity contribution in [1.82, 2.24) is 0 Å². The minimum atomic E-state index is -0.567. The summed E-state index contributed by atoms with van der Waals surface area (Å²) in [7, 11) is 0. The predicted molar refractivity (Wildman–Crippen MR) is 109 cm³/mol. The van der Waals surface area contributed by atoms with E-state index < -0.39 is 11.9 Å². The lowest BCUT2D eigenvalue weighted by molar-refractivity contribution is -0.147. The molecule has 0 saturated heterocycles. The van der Waals surface area contributed by atoms with Crippen molar-refractivity contribution in [2.24, 2.45) is 5.41 Å². The Labute approximate surface area is 164 Å². The van der Waals surface area contributed by atoms with Crippen LogP contribution in [0.3, 0.4) is 0 Å². The second kappa shape index (κ2) is 13.3. The molecule has 0 bridgehead atoms. The minimum absolute atomic E-state index is 0.0404. The number of rotatable bonds is 13. The molecule has 0 radical (unpaired) electrons. The summed E-state index contributed by atoms with van der Waals surface area (Å²) in [6.45, 7) is 6.89. The number of esters is 2. The van der Waals surface area contributed by atoms with Gasteiger partial charge in [0.25, 0.3) is 0 Å². The van der Waals surface area contributed by atoms with Crippen LogP contribution < -0.4 is 0 Å². The standard InChI is InChI=1S/C23H36O4/c1-4-7-11-14-23(15-12-10-13-16-23)19-20(21(24)26-17-8-5-2)22(25)27-18-9-6-3/h10,12-13,15,19H,4-9,11,14,16-18H2,1-3H3. The Bertz CT molecular complexity index is 521. The molecule has 1 rings (SSSR count). The van der Waals surface area contributed by atoms with Gasteiger partial charge in [-0.25, -0.2) is 9.59 Å². The molecule has 0 saturated carbocycles. The summed E-state index contributed by atoms with van der Waals surface area (Å²) >= 11 is 0. The van der Waals surface area contributed by atoms with Gasteiger partial charge >= 0.3 is 11.9 Å². The SMILES string of the molecule is CCCCCC1(C=C(C(=O)OCCCC)C(=O)OCCCC)C=CC=CC1. The summed E-state index contributed by atoms with van der Waals surface area (Å²) in [4.78, 5) is 25.2. The van der Waals surface area contributed by atoms with E-state index >= 15 is 0 Å². The molecule has 0 spiro atoms. The van der Waals surface area contributed by atoms with Gasteiger partial charge in [-0.05, 0) is 25.7 Å². The summed E-state index contributed by atoms with van der Waals surface area (Å²) in [5.74, 6) is -1.13. The molecule has 1 aliphatic carbocycles. The van der Waals surface area contributed by atoms with Crippen LogP contribution in [-0.2, 0) is 19.1 Å². The lowest BCUT2D eigenvalue weighted by atomic mass is 9.76. The second-order valence-electron chi connectivity index (χ2n) is 7.22. The van der Waals surface area contributed by atoms with Crippen molar-refractivity contribution in [3.05, 3.63) is 36.0 Å². The number of carbonyl (C=O) groups is 2. The Hall–Kier alpha value is -1.84. The second-order valence-corrected chi connectivity index (χ2v) is 7.22. The van der Waals surface area contributed by atoms with Gasteiger partial charge in [-0.2, -0.15) is 0 Å². The zero-order valence-corrected chi connectivity index (χ0v) is 17.3. The van der Waals surface area contributed by atoms with E-state index in [1.807, 2.05) is 26.0 Å². The number of unbranched alkanes of at least 4 members (excludes halogenated alkanes) is 4. The van der Waals surface area contributed by atoms with Crippen molar-refractivity contribution < 1.29 is 19.1 Å². The summed E-state index contributed by atoms with van der Waals surface area (Å²) < 4.78 is 10.7. The monoisotopic (exact) mass is 376 g/mol. The van der Waals surface area contributed by atoms with Gasteiger partial charge in [0.2, 0.25) is 0 Å². The molecule has 0 amide bonds. The van der Waals surface area contributed by atoms with Crippen molar-refractivity contribution >= 4 is 11.9 Å². The summed E-state index contributed by atoms with van der Waals surface area (Å²) in [6, 6.07) is 0. The largest absolute Gasteiger partial charge is 0.462 e. The van der Waals surface area contributed by atoms with Gasteiger partial charge in [0.15, 0.2) is 0 Å². The molecular formula is C23H36O4. The van der Waals surface area contributed by atoms with E-state index in [-0.39, 0.29) is 11.0 Å². The highest BCUT2D eigenvalue weighted by Gasteiger charge is 2.30. The molecule has 0 N–H and O–H groups in total. The molecule has 1 aliphatic rings. The molecule has 1 unspecified atom stereocenters. The van der Waals surface area contributed by atoms with E-state index in [0.29, 0.717) is 13.2 Å². The maximum Gasteiger partial charge on any atom is 0.345 e. The van der Waals surface area contributed by atoms with Crippen molar-refractivity contribution in [3.63, 3.8) is 0 Å². The fourth-order valence-electron chi connectivity index (χ4n) is 3.01. The fraction of sp³-hybridized carbons (Fsp3) is 0.652. The molecular weight excluding hydrogens is 340 g/mol. The zero-order chi connectivity index (χ0) is 20.0. The van der Waals surface area contributed by atoms with Crippen LogP contribution in [0.4, 0.5) is 0 Å². The van der Waals surface area contributed by atoms with E-state index in [9.17, 15) is 9.59 Å². The number of hydrogen-bond acceptors (Lipinski definition) is 4. The van der Waals surface area contributed by atoms with Crippen LogP contribution in [0.1, 0.15) is 78.6 Å². The predicted octanol–water partition coefficient (Wildman–Crippen LogP) is 5.68. The Morgan fingerprint density at radius 1 is 0.889 bits per heavy atom. The van der Waals surface area contributed by atoms with Crippen LogP contribution in [0, 0.1) is 5.41 Å². The third-order valence-electron chi connectivity index (χ3n) is 4.75. The average molecular weight is 377 g/mol. The molecule has 27 heavy (non-hydrogen) atoms. The fourth-order valence-corrected chi connectivity index (χ4v) is 3.01. The third kappa shape index (κ3) is 8.59. The van der Waals surface area contributed by atoms with Crippen molar-refractivity contribution in [2.45, 2.75) is 78.6 Å². The van der Waals surface area contributed by atoms with Crippen LogP contribution in [0.15, 0.2) is 36.0 Å². The van der Waals surface area contributed by atoms with E-state index in [1.165, 1.54) is 0 Å². The van der Waals surface area contributed by atoms with Crippen LogP contribution >= 0.6 is 0 Å². The molecule has 0 fully saturated rings. The molecule has 0 aromatic rings. The molecule has 0 aromatic heterocycles. The minimum Gasteiger partial charge on any atom is -0.462 e. The van der Waals surface area contributed by atoms with Gasteiger partial charge in [0.05, 0.1) is 13.2 Å². The Balaban J connectivity index is 3.03. The first-order valence-corrected chi connectivity index (χ1v) is 10.5. The van der Waals surface area contributed by atoms with E-state index in [4.69, 9.17) is 9.47 Å². The van der Waals surface area contributed by atoms with Crippen LogP contribution in [-0.4, -0.2) is 25.2 Å². The number of ether oxygens (including phenoxy) is 2. The van der Waals surface area contributed by atoms with Gasteiger partial charge in [0.1, 0.15) is 5.57 Å². The smallest absolute Gasteiger partial charge is 0.345 e. The van der Waals surface area contributed by atoms with Crippen molar-refractivity contribution in [2.75, 3.05) is 13.2 Å². The van der Waals surface area contributed by atoms with Gasteiger partial charge < -0.3 is 9.47 Å². The number of carbonyl (C=O) groups excluding carboxylic acids is 2. The first-order valence-electron chi connectivity index (χ1n) is 10.5. The normalized spacial score (nSPS) is 18.2. The number of allylic oxidation sites excluding steroid dienone is 5. The van der Waals surface area contributed by atoms with Gasteiger partial charge in [-0.15, -0.1) is 0 Å². The lowest BCUT2D eigenvalue weighted by Gasteiger charge is -2.29. The van der Waals surface area contributed by atoms with Crippen LogP contribution in [0.5, 0.6) is 0 Å². The molecule has 0 aliphatic heterocycles.